The summed E-state index contributed by atoms with van der Waals surface area (Å²) >= 11 is 0. The maximum atomic E-state index is 11.8. The molecule has 3 nitrogen and oxygen atoms in total. The highest BCUT2D eigenvalue weighted by Crippen LogP contribution is 2.21. The van der Waals surface area contributed by atoms with Crippen molar-refractivity contribution in [2.45, 2.75) is 32.2 Å². The van der Waals surface area contributed by atoms with E-state index in [1.165, 1.54) is 10.9 Å². The minimum atomic E-state index is -4.33. The molecule has 0 aromatic carbocycles. The molecule has 0 aliphatic heterocycles. The van der Waals surface area contributed by atoms with E-state index in [-0.39, 0.29) is 6.54 Å². The van der Waals surface area contributed by atoms with E-state index >= 15 is 0 Å². The summed E-state index contributed by atoms with van der Waals surface area (Å²) in [4.78, 5) is 0. The van der Waals surface area contributed by atoms with Crippen LogP contribution in [0.25, 0.3) is 0 Å². The van der Waals surface area contributed by atoms with E-state index in [4.69, 9.17) is 5.11 Å². The lowest BCUT2D eigenvalue weighted by atomic mass is 10.2. The van der Waals surface area contributed by atoms with Gasteiger partial charge in [0.25, 0.3) is 0 Å². The molecule has 6 heteroatoms. The van der Waals surface area contributed by atoms with Crippen LogP contribution in [0.5, 0.6) is 0 Å². The van der Waals surface area contributed by atoms with Gasteiger partial charge in [-0.25, -0.2) is 0 Å². The zero-order valence-corrected chi connectivity index (χ0v) is 7.62. The zero-order valence-electron chi connectivity index (χ0n) is 7.62. The molecule has 0 bridgehead atoms. The van der Waals surface area contributed by atoms with Gasteiger partial charge >= 0.3 is 6.18 Å². The Morgan fingerprint density at radius 3 is 2.64 bits per heavy atom. The maximum absolute atomic E-state index is 11.8. The SMILES string of the molecule is Cc1ccn(CC(O)CC(F)(F)F)n1. The Labute approximate surface area is 79.2 Å². The number of rotatable bonds is 3. The van der Waals surface area contributed by atoms with Gasteiger partial charge in [-0.05, 0) is 13.0 Å². The van der Waals surface area contributed by atoms with Gasteiger partial charge < -0.3 is 5.11 Å². The average Bonchev–Trinajstić information content (AvgIpc) is 2.30. The molecule has 0 aliphatic carbocycles. The molecule has 1 aromatic rings. The van der Waals surface area contributed by atoms with E-state index in [1.54, 1.807) is 13.0 Å². The molecule has 1 aromatic heterocycles. The third-order valence-electron chi connectivity index (χ3n) is 1.64. The molecule has 0 spiro atoms. The third-order valence-corrected chi connectivity index (χ3v) is 1.64. The summed E-state index contributed by atoms with van der Waals surface area (Å²) in [6.07, 6.45) is -5.43. The Bertz CT molecular complexity index is 295. The van der Waals surface area contributed by atoms with Crippen LogP contribution in [0.1, 0.15) is 12.1 Å². The van der Waals surface area contributed by atoms with Crippen LogP contribution < -0.4 is 0 Å². The van der Waals surface area contributed by atoms with Gasteiger partial charge in [0.15, 0.2) is 0 Å². The van der Waals surface area contributed by atoms with Crippen molar-refractivity contribution in [3.05, 3.63) is 18.0 Å². The lowest BCUT2D eigenvalue weighted by molar-refractivity contribution is -0.154. The smallest absolute Gasteiger partial charge is 0.391 e. The average molecular weight is 208 g/mol. The maximum Gasteiger partial charge on any atom is 0.391 e. The van der Waals surface area contributed by atoms with E-state index < -0.39 is 18.7 Å². The Hall–Kier alpha value is -1.04. The summed E-state index contributed by atoms with van der Waals surface area (Å²) in [6, 6.07) is 1.67. The minimum Gasteiger partial charge on any atom is -0.391 e. The Morgan fingerprint density at radius 1 is 1.57 bits per heavy atom. The van der Waals surface area contributed by atoms with Crippen molar-refractivity contribution in [3.63, 3.8) is 0 Å². The van der Waals surface area contributed by atoms with E-state index in [2.05, 4.69) is 5.10 Å². The molecule has 0 radical (unpaired) electrons. The van der Waals surface area contributed by atoms with Crippen LogP contribution in [0.15, 0.2) is 12.3 Å². The molecule has 0 amide bonds. The van der Waals surface area contributed by atoms with Gasteiger partial charge in [0.05, 0.1) is 24.8 Å². The van der Waals surface area contributed by atoms with Crippen LogP contribution >= 0.6 is 0 Å². The highest BCUT2D eigenvalue weighted by atomic mass is 19.4. The lowest BCUT2D eigenvalue weighted by Crippen LogP contribution is -2.24. The highest BCUT2D eigenvalue weighted by Gasteiger charge is 2.31. The molecular formula is C8H11F3N2O. The Balaban J connectivity index is 2.45. The number of halogens is 3. The fourth-order valence-electron chi connectivity index (χ4n) is 1.11. The van der Waals surface area contributed by atoms with Gasteiger partial charge in [-0.3, -0.25) is 4.68 Å². The van der Waals surface area contributed by atoms with Crippen LogP contribution in [0, 0.1) is 6.92 Å². The van der Waals surface area contributed by atoms with Crippen LogP contribution in [0.2, 0.25) is 0 Å². The molecule has 1 N–H and O–H groups in total. The van der Waals surface area contributed by atoms with Crippen LogP contribution in [-0.2, 0) is 6.54 Å². The van der Waals surface area contributed by atoms with E-state index in [9.17, 15) is 13.2 Å². The summed E-state index contributed by atoms with van der Waals surface area (Å²) in [5.74, 6) is 0. The zero-order chi connectivity index (χ0) is 10.8. The summed E-state index contributed by atoms with van der Waals surface area (Å²) < 4.78 is 36.8. The van der Waals surface area contributed by atoms with Crippen LogP contribution in [0.4, 0.5) is 13.2 Å². The molecule has 1 atom stereocenters. The minimum absolute atomic E-state index is 0.132. The summed E-state index contributed by atoms with van der Waals surface area (Å²) in [5.41, 5.74) is 0.712. The van der Waals surface area contributed by atoms with Crippen molar-refractivity contribution < 1.29 is 18.3 Å². The molecule has 1 unspecified atom stereocenters. The van der Waals surface area contributed by atoms with Crippen LogP contribution in [-0.4, -0.2) is 27.2 Å². The van der Waals surface area contributed by atoms with Crippen molar-refractivity contribution in [2.75, 3.05) is 0 Å². The first-order chi connectivity index (χ1) is 6.37. The van der Waals surface area contributed by atoms with Crippen molar-refractivity contribution in [1.29, 1.82) is 0 Å². The van der Waals surface area contributed by atoms with Crippen molar-refractivity contribution >= 4 is 0 Å². The van der Waals surface area contributed by atoms with Gasteiger partial charge in [-0.15, -0.1) is 0 Å². The van der Waals surface area contributed by atoms with E-state index in [0.717, 1.165) is 0 Å². The van der Waals surface area contributed by atoms with Crippen molar-refractivity contribution in [1.82, 2.24) is 9.78 Å². The first-order valence-electron chi connectivity index (χ1n) is 4.12. The second-order valence-electron chi connectivity index (χ2n) is 3.15. The number of aromatic nitrogens is 2. The van der Waals surface area contributed by atoms with Gasteiger partial charge in [0, 0.05) is 6.20 Å². The van der Waals surface area contributed by atoms with Gasteiger partial charge in [0.2, 0.25) is 0 Å². The van der Waals surface area contributed by atoms with Gasteiger partial charge in [0.1, 0.15) is 0 Å². The molecular weight excluding hydrogens is 197 g/mol. The van der Waals surface area contributed by atoms with Crippen molar-refractivity contribution in [3.8, 4) is 0 Å². The Morgan fingerprint density at radius 2 is 2.21 bits per heavy atom. The number of hydrogen-bond donors (Lipinski definition) is 1. The number of aryl methyl sites for hydroxylation is 1. The number of aliphatic hydroxyl groups is 1. The standard InChI is InChI=1S/C8H11F3N2O/c1-6-2-3-13(12-6)5-7(14)4-8(9,10)11/h2-3,7,14H,4-5H2,1H3. The first-order valence-corrected chi connectivity index (χ1v) is 4.12. The second-order valence-corrected chi connectivity index (χ2v) is 3.15. The molecule has 14 heavy (non-hydrogen) atoms. The number of alkyl halides is 3. The Kier molecular flexibility index (Phi) is 3.15. The fraction of sp³-hybridized carbons (Fsp3) is 0.625. The number of aliphatic hydroxyl groups excluding tert-OH is 1. The largest absolute Gasteiger partial charge is 0.391 e. The quantitative estimate of drug-likeness (QED) is 0.817. The highest BCUT2D eigenvalue weighted by molar-refractivity contribution is 4.94. The molecule has 0 fully saturated rings. The summed E-state index contributed by atoms with van der Waals surface area (Å²) in [5, 5.41) is 12.9. The predicted molar refractivity (Wildman–Crippen MR) is 43.6 cm³/mol. The van der Waals surface area contributed by atoms with Gasteiger partial charge in [-0.1, -0.05) is 0 Å². The monoisotopic (exact) mass is 208 g/mol. The van der Waals surface area contributed by atoms with Gasteiger partial charge in [-0.2, -0.15) is 18.3 Å². The molecule has 0 saturated carbocycles. The van der Waals surface area contributed by atoms with Crippen molar-refractivity contribution in [2.24, 2.45) is 0 Å². The van der Waals surface area contributed by atoms with E-state index in [0.29, 0.717) is 5.69 Å². The predicted octanol–water partition coefficient (Wildman–Crippen LogP) is 1.50. The molecule has 1 heterocycles. The molecule has 0 aliphatic rings. The number of nitrogens with zero attached hydrogens (tertiary/aromatic N) is 2. The lowest BCUT2D eigenvalue weighted by Gasteiger charge is -2.12. The van der Waals surface area contributed by atoms with Crippen LogP contribution in [0.3, 0.4) is 0 Å². The normalized spacial score (nSPS) is 14.4. The topological polar surface area (TPSA) is 38.0 Å². The number of hydrogen-bond acceptors (Lipinski definition) is 2. The molecule has 1 rings (SSSR count). The molecule has 80 valence electrons. The van der Waals surface area contributed by atoms with E-state index in [1.807, 2.05) is 0 Å². The molecule has 0 saturated heterocycles. The first kappa shape index (κ1) is 11.0. The second kappa shape index (κ2) is 4.00. The summed E-state index contributed by atoms with van der Waals surface area (Å²) in [7, 11) is 0. The third kappa shape index (κ3) is 3.78. The fourth-order valence-corrected chi connectivity index (χ4v) is 1.11. The summed E-state index contributed by atoms with van der Waals surface area (Å²) in [6.45, 7) is 1.60.